The molecule has 5 heteroatoms. The van der Waals surface area contributed by atoms with E-state index in [1.165, 1.54) is 12.1 Å². The third kappa shape index (κ3) is 2.58. The summed E-state index contributed by atoms with van der Waals surface area (Å²) in [5.41, 5.74) is 1.34. The van der Waals surface area contributed by atoms with Crippen molar-refractivity contribution in [2.75, 3.05) is 6.61 Å². The minimum Gasteiger partial charge on any atom is -0.491 e. The Labute approximate surface area is 121 Å². The van der Waals surface area contributed by atoms with Gasteiger partial charge in [-0.1, -0.05) is 24.3 Å². The molecule has 2 aromatic rings. The molecule has 0 saturated carbocycles. The standard InChI is InChI=1S/C16H13NO4/c18-15(10-4-3-5-11(8-10)16(19)20)17-13-9-21-14-7-2-1-6-12(13)14/h1-8,13H,9H2,(H,17,18)(H,19,20). The number of para-hydroxylation sites is 1. The van der Waals surface area contributed by atoms with Gasteiger partial charge < -0.3 is 15.2 Å². The van der Waals surface area contributed by atoms with Crippen molar-refractivity contribution >= 4 is 11.9 Å². The van der Waals surface area contributed by atoms with E-state index in [-0.39, 0.29) is 17.5 Å². The highest BCUT2D eigenvalue weighted by Gasteiger charge is 2.25. The third-order valence-electron chi connectivity index (χ3n) is 3.38. The van der Waals surface area contributed by atoms with Crippen LogP contribution in [0.1, 0.15) is 32.3 Å². The summed E-state index contributed by atoms with van der Waals surface area (Å²) in [7, 11) is 0. The second-order valence-corrected chi connectivity index (χ2v) is 4.76. The first-order valence-corrected chi connectivity index (χ1v) is 6.51. The zero-order chi connectivity index (χ0) is 14.8. The number of carbonyl (C=O) groups excluding carboxylic acids is 1. The molecule has 3 rings (SSSR count). The quantitative estimate of drug-likeness (QED) is 0.906. The first-order valence-electron chi connectivity index (χ1n) is 6.51. The van der Waals surface area contributed by atoms with E-state index in [9.17, 15) is 9.59 Å². The largest absolute Gasteiger partial charge is 0.491 e. The van der Waals surface area contributed by atoms with Crippen molar-refractivity contribution in [1.29, 1.82) is 0 Å². The van der Waals surface area contributed by atoms with Crippen LogP contribution < -0.4 is 10.1 Å². The number of ether oxygens (including phenoxy) is 1. The van der Waals surface area contributed by atoms with E-state index in [1.54, 1.807) is 12.1 Å². The number of fused-ring (bicyclic) bond motifs is 1. The highest BCUT2D eigenvalue weighted by atomic mass is 16.5. The highest BCUT2D eigenvalue weighted by Crippen LogP contribution is 2.31. The molecule has 5 nitrogen and oxygen atoms in total. The fourth-order valence-electron chi connectivity index (χ4n) is 2.32. The molecule has 1 aliphatic rings. The van der Waals surface area contributed by atoms with Crippen LogP contribution >= 0.6 is 0 Å². The van der Waals surface area contributed by atoms with Crippen LogP contribution in [0.3, 0.4) is 0 Å². The van der Waals surface area contributed by atoms with Gasteiger partial charge in [-0.2, -0.15) is 0 Å². The van der Waals surface area contributed by atoms with E-state index in [2.05, 4.69) is 5.32 Å². The third-order valence-corrected chi connectivity index (χ3v) is 3.38. The molecule has 1 atom stereocenters. The molecular weight excluding hydrogens is 270 g/mol. The first kappa shape index (κ1) is 13.2. The predicted octanol–water partition coefficient (Wildman–Crippen LogP) is 2.25. The number of amides is 1. The average Bonchev–Trinajstić information content (AvgIpc) is 2.91. The summed E-state index contributed by atoms with van der Waals surface area (Å²) in [6.45, 7) is 0.379. The molecule has 1 amide bonds. The normalized spacial score (nSPS) is 15.9. The molecule has 0 bridgehead atoms. The van der Waals surface area contributed by atoms with Crippen molar-refractivity contribution in [3.63, 3.8) is 0 Å². The second-order valence-electron chi connectivity index (χ2n) is 4.76. The Hall–Kier alpha value is -2.82. The molecule has 1 heterocycles. The van der Waals surface area contributed by atoms with Crippen LogP contribution in [0.15, 0.2) is 48.5 Å². The number of hydrogen-bond acceptors (Lipinski definition) is 3. The number of nitrogens with one attached hydrogen (secondary N) is 1. The summed E-state index contributed by atoms with van der Waals surface area (Å²) in [4.78, 5) is 23.2. The Balaban J connectivity index is 1.79. The zero-order valence-electron chi connectivity index (χ0n) is 11.1. The molecule has 0 radical (unpaired) electrons. The number of carboxylic acids is 1. The molecule has 106 valence electrons. The predicted molar refractivity (Wildman–Crippen MR) is 75.5 cm³/mol. The molecule has 2 N–H and O–H groups in total. The van der Waals surface area contributed by atoms with Gasteiger partial charge in [0.15, 0.2) is 0 Å². The van der Waals surface area contributed by atoms with E-state index in [0.29, 0.717) is 12.2 Å². The van der Waals surface area contributed by atoms with Gasteiger partial charge in [-0.25, -0.2) is 4.79 Å². The van der Waals surface area contributed by atoms with Gasteiger partial charge in [0.05, 0.1) is 11.6 Å². The summed E-state index contributed by atoms with van der Waals surface area (Å²) >= 11 is 0. The first-order chi connectivity index (χ1) is 10.1. The maximum atomic E-state index is 12.2. The number of carboxylic acid groups (broad SMARTS) is 1. The topological polar surface area (TPSA) is 75.6 Å². The Morgan fingerprint density at radius 2 is 1.86 bits per heavy atom. The molecule has 0 aliphatic carbocycles. The lowest BCUT2D eigenvalue weighted by Crippen LogP contribution is -2.29. The minimum absolute atomic E-state index is 0.0886. The maximum absolute atomic E-state index is 12.2. The molecule has 21 heavy (non-hydrogen) atoms. The Morgan fingerprint density at radius 1 is 1.10 bits per heavy atom. The molecular formula is C16H13NO4. The zero-order valence-corrected chi connectivity index (χ0v) is 11.1. The maximum Gasteiger partial charge on any atom is 0.335 e. The fraction of sp³-hybridized carbons (Fsp3) is 0.125. The van der Waals surface area contributed by atoms with Crippen LogP contribution in [0, 0.1) is 0 Å². The second kappa shape index (κ2) is 5.28. The van der Waals surface area contributed by atoms with Crippen LogP contribution in [0.4, 0.5) is 0 Å². The van der Waals surface area contributed by atoms with Crippen molar-refractivity contribution in [1.82, 2.24) is 5.32 Å². The summed E-state index contributed by atoms with van der Waals surface area (Å²) in [6, 6.07) is 13.3. The number of benzene rings is 2. The SMILES string of the molecule is O=C(O)c1cccc(C(=O)NC2COc3ccccc32)c1. The van der Waals surface area contributed by atoms with Gasteiger partial charge in [0, 0.05) is 11.1 Å². The van der Waals surface area contributed by atoms with Crippen molar-refractivity contribution in [3.8, 4) is 5.75 Å². The molecule has 0 saturated heterocycles. The van der Waals surface area contributed by atoms with Crippen molar-refractivity contribution in [2.24, 2.45) is 0 Å². The molecule has 2 aromatic carbocycles. The van der Waals surface area contributed by atoms with Crippen molar-refractivity contribution < 1.29 is 19.4 Å². The average molecular weight is 283 g/mol. The number of hydrogen-bond donors (Lipinski definition) is 2. The number of carbonyl (C=O) groups is 2. The van der Waals surface area contributed by atoms with Gasteiger partial charge in [-0.05, 0) is 24.3 Å². The molecule has 0 fully saturated rings. The Morgan fingerprint density at radius 3 is 2.67 bits per heavy atom. The smallest absolute Gasteiger partial charge is 0.335 e. The number of aromatic carboxylic acids is 1. The lowest BCUT2D eigenvalue weighted by Gasteiger charge is -2.12. The molecule has 1 aliphatic heterocycles. The van der Waals surface area contributed by atoms with Crippen LogP contribution in [0.25, 0.3) is 0 Å². The van der Waals surface area contributed by atoms with Gasteiger partial charge in [0.25, 0.3) is 5.91 Å². The summed E-state index contributed by atoms with van der Waals surface area (Å²) in [5.74, 6) is -0.607. The van der Waals surface area contributed by atoms with Crippen molar-refractivity contribution in [3.05, 3.63) is 65.2 Å². The molecule has 1 unspecified atom stereocenters. The molecule has 0 aromatic heterocycles. The van der Waals surface area contributed by atoms with Crippen LogP contribution in [-0.2, 0) is 0 Å². The number of rotatable bonds is 3. The van der Waals surface area contributed by atoms with E-state index in [1.807, 2.05) is 24.3 Å². The fourth-order valence-corrected chi connectivity index (χ4v) is 2.32. The monoisotopic (exact) mass is 283 g/mol. The van der Waals surface area contributed by atoms with E-state index in [0.717, 1.165) is 11.3 Å². The lowest BCUT2D eigenvalue weighted by atomic mass is 10.1. The van der Waals surface area contributed by atoms with E-state index >= 15 is 0 Å². The van der Waals surface area contributed by atoms with Gasteiger partial charge in [-0.15, -0.1) is 0 Å². The summed E-state index contributed by atoms with van der Waals surface area (Å²) in [5, 5.41) is 11.8. The summed E-state index contributed by atoms with van der Waals surface area (Å²) in [6.07, 6.45) is 0. The summed E-state index contributed by atoms with van der Waals surface area (Å²) < 4.78 is 5.50. The van der Waals surface area contributed by atoms with E-state index in [4.69, 9.17) is 9.84 Å². The Kier molecular flexibility index (Phi) is 3.31. The van der Waals surface area contributed by atoms with Gasteiger partial charge >= 0.3 is 5.97 Å². The van der Waals surface area contributed by atoms with Gasteiger partial charge in [-0.3, -0.25) is 4.79 Å². The van der Waals surface area contributed by atoms with Crippen LogP contribution in [-0.4, -0.2) is 23.6 Å². The molecule has 0 spiro atoms. The van der Waals surface area contributed by atoms with Crippen LogP contribution in [0.2, 0.25) is 0 Å². The van der Waals surface area contributed by atoms with Gasteiger partial charge in [0.2, 0.25) is 0 Å². The lowest BCUT2D eigenvalue weighted by molar-refractivity contribution is 0.0697. The minimum atomic E-state index is -1.06. The van der Waals surface area contributed by atoms with Crippen LogP contribution in [0.5, 0.6) is 5.75 Å². The van der Waals surface area contributed by atoms with E-state index < -0.39 is 5.97 Å². The van der Waals surface area contributed by atoms with Crippen molar-refractivity contribution in [2.45, 2.75) is 6.04 Å². The van der Waals surface area contributed by atoms with Gasteiger partial charge in [0.1, 0.15) is 12.4 Å². The highest BCUT2D eigenvalue weighted by molar-refractivity contribution is 5.97. The Bertz CT molecular complexity index is 711.